The van der Waals surface area contributed by atoms with Gasteiger partial charge in [0.25, 0.3) is 0 Å². The first-order valence-electron chi connectivity index (χ1n) is 4.37. The first kappa shape index (κ1) is 8.72. The van der Waals surface area contributed by atoms with Crippen molar-refractivity contribution in [3.05, 3.63) is 0 Å². The highest BCUT2D eigenvalue weighted by atomic mass is 14.9. The van der Waals surface area contributed by atoms with Crippen molar-refractivity contribution in [3.8, 4) is 0 Å². The number of hydrogen-bond acceptors (Lipinski definition) is 2. The summed E-state index contributed by atoms with van der Waals surface area (Å²) in [7, 11) is 0. The van der Waals surface area contributed by atoms with Gasteiger partial charge in [-0.3, -0.25) is 0 Å². The summed E-state index contributed by atoms with van der Waals surface area (Å²) in [6.45, 7) is 6.47. The van der Waals surface area contributed by atoms with Gasteiger partial charge in [-0.2, -0.15) is 0 Å². The highest BCUT2D eigenvalue weighted by Gasteiger charge is 2.26. The molecule has 0 saturated carbocycles. The predicted octanol–water partition coefficient (Wildman–Crippen LogP) is 1.81. The molecule has 0 unspecified atom stereocenters. The van der Waals surface area contributed by atoms with Crippen LogP contribution in [0.5, 0.6) is 0 Å². The molecule has 0 bridgehead atoms. The molecule has 64 valence electrons. The summed E-state index contributed by atoms with van der Waals surface area (Å²) < 4.78 is 0. The molecule has 0 spiro atoms. The lowest BCUT2D eigenvalue weighted by Gasteiger charge is -2.33. The molecule has 2 N–H and O–H groups in total. The van der Waals surface area contributed by atoms with Crippen LogP contribution in [0.4, 0.5) is 0 Å². The highest BCUT2D eigenvalue weighted by molar-refractivity contribution is 5.79. The highest BCUT2D eigenvalue weighted by Crippen LogP contribution is 2.31. The van der Waals surface area contributed by atoms with Crippen LogP contribution >= 0.6 is 0 Å². The Kier molecular flexibility index (Phi) is 2.66. The normalized spacial score (nSPS) is 23.1. The van der Waals surface area contributed by atoms with E-state index in [1.54, 1.807) is 0 Å². The van der Waals surface area contributed by atoms with Gasteiger partial charge in [0.1, 0.15) is 0 Å². The lowest BCUT2D eigenvalue weighted by molar-refractivity contribution is 0.239. The van der Waals surface area contributed by atoms with E-state index in [0.717, 1.165) is 25.2 Å². The molecule has 0 atom stereocenters. The van der Waals surface area contributed by atoms with Gasteiger partial charge in [-0.25, -0.2) is 0 Å². The Bertz CT molecular complexity index is 146. The second kappa shape index (κ2) is 3.35. The molecule has 0 aromatic carbocycles. The van der Waals surface area contributed by atoms with Gasteiger partial charge < -0.3 is 10.7 Å². The smallest absolute Gasteiger partial charge is 0.00636 e. The maximum absolute atomic E-state index is 7.44. The number of hydrogen-bond donors (Lipinski definition) is 2. The lowest BCUT2D eigenvalue weighted by atomic mass is 9.77. The zero-order chi connectivity index (χ0) is 8.32. The monoisotopic (exact) mass is 154 g/mol. The van der Waals surface area contributed by atoms with Crippen molar-refractivity contribution < 1.29 is 0 Å². The topological polar surface area (TPSA) is 35.9 Å². The van der Waals surface area contributed by atoms with E-state index in [1.165, 1.54) is 12.8 Å². The average molecular weight is 154 g/mol. The van der Waals surface area contributed by atoms with Gasteiger partial charge in [0.05, 0.1) is 0 Å². The fourth-order valence-corrected chi connectivity index (χ4v) is 1.85. The van der Waals surface area contributed by atoms with Crippen molar-refractivity contribution >= 4 is 5.71 Å². The molecule has 1 heterocycles. The van der Waals surface area contributed by atoms with E-state index in [0.29, 0.717) is 5.41 Å². The van der Waals surface area contributed by atoms with Crippen LogP contribution < -0.4 is 5.32 Å². The molecule has 1 saturated heterocycles. The fourth-order valence-electron chi connectivity index (χ4n) is 1.85. The second-order valence-corrected chi connectivity index (χ2v) is 4.02. The van der Waals surface area contributed by atoms with E-state index in [1.807, 2.05) is 6.92 Å². The van der Waals surface area contributed by atoms with E-state index in [4.69, 9.17) is 5.41 Å². The molecule has 0 aromatic heterocycles. The molecular weight excluding hydrogens is 136 g/mol. The Morgan fingerprint density at radius 1 is 1.45 bits per heavy atom. The van der Waals surface area contributed by atoms with E-state index in [-0.39, 0.29) is 0 Å². The van der Waals surface area contributed by atoms with E-state index >= 15 is 0 Å². The van der Waals surface area contributed by atoms with Crippen molar-refractivity contribution in [2.75, 3.05) is 13.1 Å². The van der Waals surface area contributed by atoms with Crippen LogP contribution in [0.3, 0.4) is 0 Å². The minimum absolute atomic E-state index is 0.414. The Balaban J connectivity index is 2.43. The average Bonchev–Trinajstić information content (AvgIpc) is 1.85. The van der Waals surface area contributed by atoms with Gasteiger partial charge in [-0.15, -0.1) is 0 Å². The van der Waals surface area contributed by atoms with Gasteiger partial charge in [-0.05, 0) is 44.7 Å². The summed E-state index contributed by atoms with van der Waals surface area (Å²) in [4.78, 5) is 0. The summed E-state index contributed by atoms with van der Waals surface area (Å²) in [6.07, 6.45) is 3.43. The van der Waals surface area contributed by atoms with Crippen LogP contribution in [0, 0.1) is 10.8 Å². The molecule has 2 nitrogen and oxygen atoms in total. The van der Waals surface area contributed by atoms with Crippen molar-refractivity contribution in [2.45, 2.75) is 33.1 Å². The number of nitrogens with one attached hydrogen (secondary N) is 2. The molecule has 1 aliphatic rings. The molecule has 0 aromatic rings. The fraction of sp³-hybridized carbons (Fsp3) is 0.889. The predicted molar refractivity (Wildman–Crippen MR) is 48.2 cm³/mol. The molecule has 2 heteroatoms. The van der Waals surface area contributed by atoms with Crippen molar-refractivity contribution in [1.82, 2.24) is 5.32 Å². The van der Waals surface area contributed by atoms with Gasteiger partial charge in [-0.1, -0.05) is 6.92 Å². The summed E-state index contributed by atoms with van der Waals surface area (Å²) in [5.74, 6) is 0. The molecule has 1 aliphatic heterocycles. The van der Waals surface area contributed by atoms with Crippen LogP contribution in [0.25, 0.3) is 0 Å². The van der Waals surface area contributed by atoms with E-state index in [2.05, 4.69) is 12.2 Å². The molecular formula is C9H18N2. The second-order valence-electron chi connectivity index (χ2n) is 4.02. The number of piperidine rings is 1. The Hall–Kier alpha value is -0.370. The third kappa shape index (κ3) is 2.62. The zero-order valence-corrected chi connectivity index (χ0v) is 7.54. The minimum Gasteiger partial charge on any atom is -0.317 e. The SMILES string of the molecule is CC(=N)CC1(C)CCNCC1. The van der Waals surface area contributed by atoms with Gasteiger partial charge in [0, 0.05) is 5.71 Å². The van der Waals surface area contributed by atoms with Crippen LogP contribution in [0.2, 0.25) is 0 Å². The van der Waals surface area contributed by atoms with Gasteiger partial charge in [0.2, 0.25) is 0 Å². The Labute approximate surface area is 68.9 Å². The van der Waals surface area contributed by atoms with E-state index < -0.39 is 0 Å². The largest absolute Gasteiger partial charge is 0.317 e. The molecule has 1 fully saturated rings. The third-order valence-electron chi connectivity index (χ3n) is 2.50. The molecule has 1 rings (SSSR count). The van der Waals surface area contributed by atoms with Crippen LogP contribution in [-0.2, 0) is 0 Å². The lowest BCUT2D eigenvalue weighted by Crippen LogP contribution is -2.35. The van der Waals surface area contributed by atoms with Crippen LogP contribution in [-0.4, -0.2) is 18.8 Å². The summed E-state index contributed by atoms with van der Waals surface area (Å²) in [6, 6.07) is 0. The van der Waals surface area contributed by atoms with Gasteiger partial charge in [0.15, 0.2) is 0 Å². The molecule has 0 aliphatic carbocycles. The Morgan fingerprint density at radius 2 is 2.00 bits per heavy atom. The first-order valence-corrected chi connectivity index (χ1v) is 4.37. The summed E-state index contributed by atoms with van der Waals surface area (Å²) in [5, 5.41) is 10.8. The van der Waals surface area contributed by atoms with Crippen molar-refractivity contribution in [1.29, 1.82) is 5.41 Å². The zero-order valence-electron chi connectivity index (χ0n) is 7.54. The summed E-state index contributed by atoms with van der Waals surface area (Å²) in [5.41, 5.74) is 1.24. The maximum atomic E-state index is 7.44. The standard InChI is InChI=1S/C9H18N2/c1-8(10)7-9(2)3-5-11-6-4-9/h10-11H,3-7H2,1-2H3. The van der Waals surface area contributed by atoms with Crippen molar-refractivity contribution in [2.24, 2.45) is 5.41 Å². The molecule has 0 amide bonds. The van der Waals surface area contributed by atoms with Gasteiger partial charge >= 0.3 is 0 Å². The molecule has 0 radical (unpaired) electrons. The third-order valence-corrected chi connectivity index (χ3v) is 2.50. The quantitative estimate of drug-likeness (QED) is 0.585. The molecule has 11 heavy (non-hydrogen) atoms. The Morgan fingerprint density at radius 3 is 2.45 bits per heavy atom. The summed E-state index contributed by atoms with van der Waals surface area (Å²) >= 11 is 0. The van der Waals surface area contributed by atoms with Crippen molar-refractivity contribution in [3.63, 3.8) is 0 Å². The van der Waals surface area contributed by atoms with Crippen LogP contribution in [0.15, 0.2) is 0 Å². The number of rotatable bonds is 2. The first-order chi connectivity index (χ1) is 5.12. The minimum atomic E-state index is 0.414. The van der Waals surface area contributed by atoms with E-state index in [9.17, 15) is 0 Å². The van der Waals surface area contributed by atoms with Crippen LogP contribution in [0.1, 0.15) is 33.1 Å². The maximum Gasteiger partial charge on any atom is 0.00636 e.